The minimum absolute atomic E-state index is 0.0626. The Kier molecular flexibility index (Phi) is 11.9. The van der Waals surface area contributed by atoms with Crippen molar-refractivity contribution >= 4 is 28.7 Å². The number of aliphatic hydroxyl groups is 2. The normalized spacial score (nSPS) is 16.8. The highest BCUT2D eigenvalue weighted by Gasteiger charge is 2.43. The van der Waals surface area contributed by atoms with Crippen LogP contribution >= 0.6 is 0 Å². The number of carbonyl (C=O) groups is 3. The Labute approximate surface area is 334 Å². The molecule has 2 aliphatic rings. The number of morpholine rings is 1. The molecule has 14 nitrogen and oxygen atoms in total. The van der Waals surface area contributed by atoms with Crippen LogP contribution in [0.5, 0.6) is 11.5 Å². The van der Waals surface area contributed by atoms with E-state index in [1.54, 1.807) is 52.3 Å². The molecule has 0 bridgehead atoms. The lowest BCUT2D eigenvalue weighted by Crippen LogP contribution is -2.59. The van der Waals surface area contributed by atoms with Crippen molar-refractivity contribution in [1.29, 1.82) is 0 Å². The maximum absolute atomic E-state index is 13.5. The fourth-order valence-corrected chi connectivity index (χ4v) is 7.75. The molecule has 14 heteroatoms. The molecular weight excluding hydrogens is 745 g/mol. The smallest absolute Gasteiger partial charge is 0.345 e. The van der Waals surface area contributed by atoms with Crippen molar-refractivity contribution in [3.63, 3.8) is 0 Å². The summed E-state index contributed by atoms with van der Waals surface area (Å²) in [4.78, 5) is 56.8. The summed E-state index contributed by atoms with van der Waals surface area (Å²) in [7, 11) is 0. The molecule has 4 aromatic carbocycles. The van der Waals surface area contributed by atoms with Gasteiger partial charge in [-0.05, 0) is 78.9 Å². The number of fused-ring (bicyclic) bond motifs is 1. The van der Waals surface area contributed by atoms with Crippen molar-refractivity contribution in [2.24, 2.45) is 0 Å². The Hall–Kier alpha value is -6.06. The second-order valence-electron chi connectivity index (χ2n) is 14.8. The molecule has 6 N–H and O–H groups in total. The third kappa shape index (κ3) is 8.60. The number of rotatable bonds is 13. The Balaban J connectivity index is 0.867. The summed E-state index contributed by atoms with van der Waals surface area (Å²) < 4.78 is 12.0. The van der Waals surface area contributed by atoms with Crippen LogP contribution in [0.1, 0.15) is 51.6 Å². The van der Waals surface area contributed by atoms with Crippen LogP contribution in [0.3, 0.4) is 0 Å². The Morgan fingerprint density at radius 2 is 1.64 bits per heavy atom. The van der Waals surface area contributed by atoms with Gasteiger partial charge >= 0.3 is 5.97 Å². The van der Waals surface area contributed by atoms with Gasteiger partial charge in [-0.3, -0.25) is 14.4 Å². The van der Waals surface area contributed by atoms with E-state index in [0.717, 1.165) is 5.56 Å². The first-order valence-corrected chi connectivity index (χ1v) is 19.2. The lowest BCUT2D eigenvalue weighted by molar-refractivity contribution is -0.159. The number of hydrogen-bond donors (Lipinski definition) is 6. The van der Waals surface area contributed by atoms with Gasteiger partial charge in [0, 0.05) is 55.3 Å². The number of likely N-dealkylation sites (tertiary alicyclic amines) is 1. The van der Waals surface area contributed by atoms with Gasteiger partial charge in [0.15, 0.2) is 6.61 Å². The number of carboxylic acids is 1. The number of phenols is 1. The number of amides is 2. The lowest BCUT2D eigenvalue weighted by atomic mass is 9.86. The number of aromatic hydroxyl groups is 1. The van der Waals surface area contributed by atoms with E-state index in [1.165, 1.54) is 36.4 Å². The van der Waals surface area contributed by atoms with Crippen LogP contribution in [0, 0.1) is 0 Å². The summed E-state index contributed by atoms with van der Waals surface area (Å²) in [6.07, 6.45) is 0.934. The van der Waals surface area contributed by atoms with Crippen LogP contribution in [0.15, 0.2) is 108 Å². The van der Waals surface area contributed by atoms with Gasteiger partial charge < -0.3 is 50.0 Å². The van der Waals surface area contributed by atoms with Crippen molar-refractivity contribution in [2.45, 2.75) is 36.6 Å². The van der Waals surface area contributed by atoms with Gasteiger partial charge in [0.2, 0.25) is 11.2 Å². The number of carbonyl (C=O) groups excluding carboxylic acids is 2. The summed E-state index contributed by atoms with van der Waals surface area (Å²) >= 11 is 0. The molecule has 58 heavy (non-hydrogen) atoms. The molecule has 2 saturated heterocycles. The van der Waals surface area contributed by atoms with Gasteiger partial charge in [-0.25, -0.2) is 4.79 Å². The number of aliphatic hydroxyl groups excluding tert-OH is 1. The summed E-state index contributed by atoms with van der Waals surface area (Å²) in [5.74, 6) is -1.58. The summed E-state index contributed by atoms with van der Waals surface area (Å²) in [5.41, 5.74) is -0.456. The third-order valence-corrected chi connectivity index (χ3v) is 11.1. The predicted molar refractivity (Wildman–Crippen MR) is 214 cm³/mol. The summed E-state index contributed by atoms with van der Waals surface area (Å²) in [5, 5.41) is 45.9. The number of ether oxygens (including phenoxy) is 2. The van der Waals surface area contributed by atoms with E-state index in [4.69, 9.17) is 9.47 Å². The Bertz CT molecular complexity index is 2330. The van der Waals surface area contributed by atoms with E-state index in [2.05, 4.69) is 10.3 Å². The minimum atomic E-state index is -2.30. The molecular formula is C44H46N4O10. The number of H-pyrrole nitrogens is 1. The summed E-state index contributed by atoms with van der Waals surface area (Å²) in [6, 6.07) is 27.7. The Morgan fingerprint density at radius 1 is 0.897 bits per heavy atom. The molecule has 7 rings (SSSR count). The van der Waals surface area contributed by atoms with Gasteiger partial charge in [-0.15, -0.1) is 0 Å². The number of aromatic amines is 1. The molecule has 1 spiro atoms. The van der Waals surface area contributed by atoms with Crippen molar-refractivity contribution in [1.82, 2.24) is 20.1 Å². The molecule has 5 aromatic rings. The van der Waals surface area contributed by atoms with Crippen molar-refractivity contribution in [3.8, 4) is 11.5 Å². The van der Waals surface area contributed by atoms with E-state index < -0.39 is 23.3 Å². The first-order valence-electron chi connectivity index (χ1n) is 19.2. The molecule has 0 radical (unpaired) electrons. The number of pyridine rings is 1. The number of carboxylic acid groups (broad SMARTS) is 1. The SMILES string of the molecule is O=C(COc1cccc([C@](O)(C(=O)O)c2ccccc2)c1)N1CCOC2(CCN(C(=O)c3ccc(CCNC[C@H](O)c4ccc(O)c5[nH]c(=O)ccc45)cc3)CC2)C1. The summed E-state index contributed by atoms with van der Waals surface area (Å²) in [6.45, 7) is 2.60. The molecule has 2 atom stereocenters. The average molecular weight is 791 g/mol. The molecule has 302 valence electrons. The number of aromatic nitrogens is 1. The average Bonchev–Trinajstić information content (AvgIpc) is 3.25. The predicted octanol–water partition coefficient (Wildman–Crippen LogP) is 3.33. The van der Waals surface area contributed by atoms with Crippen LogP contribution in [-0.2, 0) is 26.3 Å². The van der Waals surface area contributed by atoms with Crippen molar-refractivity contribution < 1.29 is 44.3 Å². The number of nitrogens with one attached hydrogen (secondary N) is 2. The zero-order chi connectivity index (χ0) is 40.9. The highest BCUT2D eigenvalue weighted by Crippen LogP contribution is 2.34. The maximum atomic E-state index is 13.5. The number of piperidine rings is 1. The molecule has 0 saturated carbocycles. The highest BCUT2D eigenvalue weighted by atomic mass is 16.5. The van der Waals surface area contributed by atoms with Gasteiger partial charge in [0.05, 0.1) is 23.8 Å². The number of phenolic OH excluding ortho intramolecular Hbond substituents is 1. The zero-order valence-electron chi connectivity index (χ0n) is 31.8. The second-order valence-corrected chi connectivity index (χ2v) is 14.8. The molecule has 0 unspecified atom stereocenters. The molecule has 2 amide bonds. The minimum Gasteiger partial charge on any atom is -0.506 e. The standard InChI is InChI=1S/C44H46N4O10/c49-36-15-13-34(35-14-16-38(51)46-40(35)36)37(50)26-45-20-17-29-9-11-30(12-10-29)41(53)47-21-18-43(19-22-47)28-48(23-24-58-43)39(52)27-57-33-8-4-7-32(25-33)44(56,42(54)55)31-5-2-1-3-6-31/h1-16,25,37,45,49-50,56H,17-24,26-28H2,(H,46,51)(H,54,55)/t37-,44-/m0/s1. The van der Waals surface area contributed by atoms with E-state index in [9.17, 15) is 39.6 Å². The zero-order valence-corrected chi connectivity index (χ0v) is 31.8. The van der Waals surface area contributed by atoms with Gasteiger partial charge in [-0.2, -0.15) is 0 Å². The van der Waals surface area contributed by atoms with Crippen LogP contribution < -0.4 is 15.6 Å². The van der Waals surface area contributed by atoms with E-state index in [-0.39, 0.29) is 58.7 Å². The third-order valence-electron chi connectivity index (χ3n) is 11.1. The van der Waals surface area contributed by atoms with E-state index in [0.29, 0.717) is 75.1 Å². The Morgan fingerprint density at radius 3 is 2.38 bits per heavy atom. The molecule has 3 heterocycles. The van der Waals surface area contributed by atoms with Gasteiger partial charge in [0.25, 0.3) is 11.8 Å². The van der Waals surface area contributed by atoms with Crippen molar-refractivity contribution in [2.75, 3.05) is 52.5 Å². The van der Waals surface area contributed by atoms with Crippen molar-refractivity contribution in [3.05, 3.63) is 141 Å². The molecule has 1 aromatic heterocycles. The molecule has 2 fully saturated rings. The van der Waals surface area contributed by atoms with Crippen LogP contribution in [0.25, 0.3) is 10.9 Å². The molecule has 0 aliphatic carbocycles. The monoisotopic (exact) mass is 790 g/mol. The first-order chi connectivity index (χ1) is 28.0. The fraction of sp³-hybridized carbons (Fsp3) is 0.318. The fourth-order valence-electron chi connectivity index (χ4n) is 7.75. The number of benzene rings is 4. The largest absolute Gasteiger partial charge is 0.506 e. The van der Waals surface area contributed by atoms with Crippen LogP contribution in [0.4, 0.5) is 0 Å². The quantitative estimate of drug-likeness (QED) is 0.0956. The lowest BCUT2D eigenvalue weighted by Gasteiger charge is -2.47. The number of aliphatic carboxylic acids is 1. The highest BCUT2D eigenvalue weighted by molar-refractivity contribution is 5.94. The number of hydrogen-bond acceptors (Lipinski definition) is 10. The van der Waals surface area contributed by atoms with E-state index >= 15 is 0 Å². The first kappa shape index (κ1) is 40.1. The van der Waals surface area contributed by atoms with E-state index in [1.807, 2.05) is 24.3 Å². The maximum Gasteiger partial charge on any atom is 0.345 e. The topological polar surface area (TPSA) is 202 Å². The van der Waals surface area contributed by atoms with Gasteiger partial charge in [0.1, 0.15) is 11.5 Å². The molecule has 2 aliphatic heterocycles. The van der Waals surface area contributed by atoms with Crippen LogP contribution in [-0.4, -0.2) is 111 Å². The van der Waals surface area contributed by atoms with Crippen LogP contribution in [0.2, 0.25) is 0 Å². The van der Waals surface area contributed by atoms with Gasteiger partial charge in [-0.1, -0.05) is 60.7 Å². The second kappa shape index (κ2) is 17.2. The number of nitrogens with zero attached hydrogens (tertiary/aromatic N) is 2.